The van der Waals surface area contributed by atoms with Crippen LogP contribution in [0, 0.1) is 11.8 Å². The van der Waals surface area contributed by atoms with Crippen LogP contribution in [0.25, 0.3) is 0 Å². The number of benzene rings is 1. The smallest absolute Gasteiger partial charge is 0.312 e. The van der Waals surface area contributed by atoms with Gasteiger partial charge in [-0.3, -0.25) is 14.4 Å². The topological polar surface area (TPSA) is 99.6 Å². The van der Waals surface area contributed by atoms with Crippen LogP contribution in [0.3, 0.4) is 0 Å². The molecular formula is C31H43N3O6. The molecule has 1 spiro atoms. The Morgan fingerprint density at radius 1 is 1.20 bits per heavy atom. The lowest BCUT2D eigenvalue weighted by molar-refractivity contribution is -0.155. The molecule has 3 aliphatic heterocycles. The van der Waals surface area contributed by atoms with Crippen molar-refractivity contribution in [3.8, 4) is 0 Å². The molecule has 2 bridgehead atoms. The van der Waals surface area contributed by atoms with E-state index < -0.39 is 41.6 Å². The van der Waals surface area contributed by atoms with E-state index in [0.29, 0.717) is 24.9 Å². The van der Waals surface area contributed by atoms with Gasteiger partial charge in [-0.2, -0.15) is 0 Å². The quantitative estimate of drug-likeness (QED) is 0.214. The highest BCUT2D eigenvalue weighted by atomic mass is 16.6. The van der Waals surface area contributed by atoms with E-state index in [1.807, 2.05) is 24.3 Å². The predicted octanol–water partition coefficient (Wildman–Crippen LogP) is 3.32. The molecule has 0 saturated carbocycles. The average molecular weight is 554 g/mol. The number of allylic oxidation sites excluding steroid dienone is 1. The second-order valence-electron chi connectivity index (χ2n) is 10.9. The lowest BCUT2D eigenvalue weighted by Gasteiger charge is -2.38. The first-order valence-corrected chi connectivity index (χ1v) is 14.4. The molecule has 218 valence electrons. The molecule has 4 rings (SSSR count). The minimum atomic E-state index is -1.16. The van der Waals surface area contributed by atoms with Gasteiger partial charge in [0, 0.05) is 31.0 Å². The van der Waals surface area contributed by atoms with Crippen molar-refractivity contribution in [1.29, 1.82) is 0 Å². The van der Waals surface area contributed by atoms with Gasteiger partial charge in [0.15, 0.2) is 0 Å². The third-order valence-electron chi connectivity index (χ3n) is 8.65. The molecule has 1 aromatic rings. The van der Waals surface area contributed by atoms with Gasteiger partial charge in [-0.05, 0) is 70.7 Å². The lowest BCUT2D eigenvalue weighted by atomic mass is 9.70. The van der Waals surface area contributed by atoms with Crippen LogP contribution in [-0.4, -0.2) is 84.4 Å². The van der Waals surface area contributed by atoms with Crippen LogP contribution in [0.4, 0.5) is 11.4 Å². The van der Waals surface area contributed by atoms with Crippen molar-refractivity contribution in [1.82, 2.24) is 4.90 Å². The first-order chi connectivity index (χ1) is 19.3. The van der Waals surface area contributed by atoms with E-state index >= 15 is 0 Å². The average Bonchev–Trinajstić information content (AvgIpc) is 3.61. The van der Waals surface area contributed by atoms with Crippen molar-refractivity contribution in [2.24, 2.45) is 11.8 Å². The normalized spacial score (nSPS) is 27.3. The summed E-state index contributed by atoms with van der Waals surface area (Å²) in [5.41, 5.74) is 0.570. The summed E-state index contributed by atoms with van der Waals surface area (Å²) in [5.74, 6) is -2.74. The predicted molar refractivity (Wildman–Crippen MR) is 154 cm³/mol. The van der Waals surface area contributed by atoms with Crippen LogP contribution in [0.1, 0.15) is 46.5 Å². The third-order valence-corrected chi connectivity index (χ3v) is 8.65. The molecule has 9 heteroatoms. The number of anilines is 2. The molecule has 1 N–H and O–H groups in total. The van der Waals surface area contributed by atoms with Crippen LogP contribution in [0.15, 0.2) is 49.6 Å². The Hall–Kier alpha value is -3.17. The van der Waals surface area contributed by atoms with E-state index in [1.165, 1.54) is 4.90 Å². The largest absolute Gasteiger partial charge is 0.465 e. The van der Waals surface area contributed by atoms with E-state index in [-0.39, 0.29) is 31.6 Å². The summed E-state index contributed by atoms with van der Waals surface area (Å²) in [6.07, 6.45) is 5.33. The maximum absolute atomic E-state index is 14.5. The van der Waals surface area contributed by atoms with Gasteiger partial charge in [0.2, 0.25) is 5.91 Å². The number of ether oxygens (including phenoxy) is 2. The van der Waals surface area contributed by atoms with E-state index in [9.17, 15) is 19.5 Å². The molecule has 0 aliphatic carbocycles. The maximum atomic E-state index is 14.5. The maximum Gasteiger partial charge on any atom is 0.312 e. The molecule has 1 aromatic carbocycles. The van der Waals surface area contributed by atoms with Gasteiger partial charge in [-0.25, -0.2) is 0 Å². The number of aliphatic hydroxyl groups excluding tert-OH is 1. The summed E-state index contributed by atoms with van der Waals surface area (Å²) in [4.78, 5) is 47.0. The number of aliphatic hydroxyl groups is 1. The number of hydrogen-bond donors (Lipinski definition) is 1. The van der Waals surface area contributed by atoms with E-state index in [2.05, 4.69) is 31.9 Å². The van der Waals surface area contributed by atoms with Gasteiger partial charge in [-0.15, -0.1) is 13.2 Å². The number of likely N-dealkylation sites (tertiary alicyclic amines) is 1. The van der Waals surface area contributed by atoms with Crippen molar-refractivity contribution in [2.75, 3.05) is 42.6 Å². The van der Waals surface area contributed by atoms with Gasteiger partial charge >= 0.3 is 5.97 Å². The highest BCUT2D eigenvalue weighted by Gasteiger charge is 2.75. The molecule has 2 unspecified atom stereocenters. The van der Waals surface area contributed by atoms with Gasteiger partial charge in [-0.1, -0.05) is 12.2 Å². The molecule has 3 heterocycles. The number of hydrogen-bond acceptors (Lipinski definition) is 7. The minimum absolute atomic E-state index is 0.231. The Morgan fingerprint density at radius 3 is 2.48 bits per heavy atom. The van der Waals surface area contributed by atoms with Crippen molar-refractivity contribution in [2.45, 2.75) is 70.2 Å². The fourth-order valence-electron chi connectivity index (χ4n) is 6.73. The number of amides is 2. The van der Waals surface area contributed by atoms with Crippen LogP contribution in [0.2, 0.25) is 0 Å². The van der Waals surface area contributed by atoms with Gasteiger partial charge < -0.3 is 29.3 Å². The highest BCUT2D eigenvalue weighted by Crippen LogP contribution is 2.59. The van der Waals surface area contributed by atoms with E-state index in [0.717, 1.165) is 25.2 Å². The van der Waals surface area contributed by atoms with E-state index in [4.69, 9.17) is 9.47 Å². The molecule has 9 nitrogen and oxygen atoms in total. The summed E-state index contributed by atoms with van der Waals surface area (Å²) < 4.78 is 12.0. The fraction of sp³-hybridized carbons (Fsp3) is 0.581. The van der Waals surface area contributed by atoms with Crippen molar-refractivity contribution >= 4 is 29.2 Å². The summed E-state index contributed by atoms with van der Waals surface area (Å²) in [6, 6.07) is 6.14. The van der Waals surface area contributed by atoms with Crippen molar-refractivity contribution in [3.05, 3.63) is 49.6 Å². The first kappa shape index (κ1) is 29.8. The summed E-state index contributed by atoms with van der Waals surface area (Å²) in [5, 5.41) is 10.1. The highest BCUT2D eigenvalue weighted by molar-refractivity contribution is 6.04. The molecular weight excluding hydrogens is 510 g/mol. The first-order valence-electron chi connectivity index (χ1n) is 14.4. The van der Waals surface area contributed by atoms with Crippen LogP contribution in [0.5, 0.6) is 0 Å². The lowest BCUT2D eigenvalue weighted by Crippen LogP contribution is -2.58. The zero-order valence-electron chi connectivity index (χ0n) is 24.0. The van der Waals surface area contributed by atoms with E-state index in [1.54, 1.807) is 24.0 Å². The fourth-order valence-corrected chi connectivity index (χ4v) is 6.73. The summed E-state index contributed by atoms with van der Waals surface area (Å²) in [7, 11) is 0. The Morgan fingerprint density at radius 2 is 1.88 bits per heavy atom. The monoisotopic (exact) mass is 553 g/mol. The van der Waals surface area contributed by atoms with Crippen LogP contribution in [-0.2, 0) is 23.9 Å². The molecule has 6 atom stereocenters. The second kappa shape index (κ2) is 12.6. The number of unbranched alkanes of at least 4 members (excludes halogenated alkanes) is 1. The Labute approximate surface area is 237 Å². The number of nitrogens with zero attached hydrogens (tertiary/aromatic N) is 3. The molecule has 0 radical (unpaired) electrons. The molecule has 3 saturated heterocycles. The van der Waals surface area contributed by atoms with Crippen molar-refractivity contribution in [3.63, 3.8) is 0 Å². The molecule has 40 heavy (non-hydrogen) atoms. The number of fused-ring (bicyclic) bond motifs is 1. The Bertz CT molecular complexity index is 1100. The molecule has 0 aromatic heterocycles. The Balaban J connectivity index is 1.68. The SMILES string of the molecule is C=CCCCOC(=O)[C@@H]1[C@@H]2CCC3(O2)C(C(=O)N(CC=C)c2ccc(N(CC)CC)cc2)N([C@H](C)CO)C(=O)[C@H]13. The Kier molecular flexibility index (Phi) is 9.36. The minimum Gasteiger partial charge on any atom is -0.465 e. The van der Waals surface area contributed by atoms with Crippen LogP contribution >= 0.6 is 0 Å². The molecule has 2 amide bonds. The van der Waals surface area contributed by atoms with Gasteiger partial charge in [0.25, 0.3) is 5.91 Å². The second-order valence-corrected chi connectivity index (χ2v) is 10.9. The van der Waals surface area contributed by atoms with Gasteiger partial charge in [0.1, 0.15) is 11.6 Å². The molecule has 3 fully saturated rings. The standard InChI is InChI=1S/C31H43N3O6/c1-6-10-11-19-39-30(38)25-24-16-17-31(40-24)26(25)28(36)34(21(5)20-35)27(31)29(37)33(18-7-2)23-14-12-22(13-15-23)32(8-3)9-4/h6-7,12-15,21,24-27,35H,1-2,8-11,16-20H2,3-5H3/t21-,24+,25-,26+,27?,31?/m1/s1. The summed E-state index contributed by atoms with van der Waals surface area (Å²) in [6.45, 7) is 15.3. The van der Waals surface area contributed by atoms with Crippen LogP contribution < -0.4 is 9.80 Å². The number of carbonyl (C=O) groups is 3. The zero-order chi connectivity index (χ0) is 29.0. The third kappa shape index (κ3) is 5.05. The number of rotatable bonds is 14. The molecule has 3 aliphatic rings. The zero-order valence-corrected chi connectivity index (χ0v) is 24.0. The number of esters is 1. The summed E-state index contributed by atoms with van der Waals surface area (Å²) >= 11 is 0. The number of carbonyl (C=O) groups excluding carboxylic acids is 3. The van der Waals surface area contributed by atoms with Gasteiger partial charge in [0.05, 0.1) is 37.2 Å². The van der Waals surface area contributed by atoms with Crippen molar-refractivity contribution < 1.29 is 29.0 Å².